The molecule has 0 fully saturated rings. The maximum atomic E-state index is 13.5. The summed E-state index contributed by atoms with van der Waals surface area (Å²) in [5.74, 6) is 1.10. The van der Waals surface area contributed by atoms with Crippen molar-refractivity contribution in [2.24, 2.45) is 0 Å². The Morgan fingerprint density at radius 2 is 1.84 bits per heavy atom. The maximum absolute atomic E-state index is 13.5. The Morgan fingerprint density at radius 3 is 2.56 bits per heavy atom. The molecule has 0 unspecified atom stereocenters. The lowest BCUT2D eigenvalue weighted by Gasteiger charge is -2.24. The lowest BCUT2D eigenvalue weighted by atomic mass is 10.1. The van der Waals surface area contributed by atoms with Gasteiger partial charge in [0.25, 0.3) is 5.91 Å². The van der Waals surface area contributed by atoms with Gasteiger partial charge in [-0.05, 0) is 31.3 Å². The zero-order valence-corrected chi connectivity index (χ0v) is 19.3. The van der Waals surface area contributed by atoms with Crippen molar-refractivity contribution in [2.75, 3.05) is 38.2 Å². The Balaban J connectivity index is 1.66. The van der Waals surface area contributed by atoms with Crippen molar-refractivity contribution in [1.82, 2.24) is 15.0 Å². The largest absolute Gasteiger partial charge is 0.497 e. The second-order valence-electron chi connectivity index (χ2n) is 7.26. The number of anilines is 1. The van der Waals surface area contributed by atoms with E-state index in [2.05, 4.69) is 23.9 Å². The number of thiazole rings is 1. The molecule has 32 heavy (non-hydrogen) atoms. The summed E-state index contributed by atoms with van der Waals surface area (Å²) in [5.41, 5.74) is 1.97. The number of amides is 1. The monoisotopic (exact) mass is 450 g/mol. The molecule has 0 atom stereocenters. The normalized spacial score (nSPS) is 11.2. The molecule has 0 aliphatic carbocycles. The number of benzene rings is 2. The van der Waals surface area contributed by atoms with Gasteiger partial charge in [0.1, 0.15) is 5.75 Å². The number of methoxy groups -OCH3 is 1. The number of likely N-dealkylation sites (N-methyl/N-ethyl adjacent to an activating group) is 1. The van der Waals surface area contributed by atoms with Crippen molar-refractivity contribution in [3.05, 3.63) is 60.3 Å². The van der Waals surface area contributed by atoms with Crippen LogP contribution in [0, 0.1) is 0 Å². The fourth-order valence-corrected chi connectivity index (χ4v) is 4.47. The number of nitrogens with zero attached hydrogens (tertiary/aromatic N) is 4. The van der Waals surface area contributed by atoms with E-state index in [-0.39, 0.29) is 11.6 Å². The van der Waals surface area contributed by atoms with Crippen molar-refractivity contribution >= 4 is 32.6 Å². The Morgan fingerprint density at radius 1 is 1.06 bits per heavy atom. The van der Waals surface area contributed by atoms with Crippen LogP contribution in [0.1, 0.15) is 24.3 Å². The van der Waals surface area contributed by atoms with Gasteiger partial charge < -0.3 is 14.2 Å². The quantitative estimate of drug-likeness (QED) is 0.359. The highest BCUT2D eigenvalue weighted by Gasteiger charge is 2.25. The molecule has 0 spiro atoms. The first-order valence-electron chi connectivity index (χ1n) is 10.6. The van der Waals surface area contributed by atoms with Gasteiger partial charge in [0.15, 0.2) is 16.6 Å². The first-order chi connectivity index (χ1) is 15.6. The number of hydrogen-bond acceptors (Lipinski definition) is 7. The molecular formula is C24H26N4O3S. The average molecular weight is 451 g/mol. The van der Waals surface area contributed by atoms with Crippen LogP contribution in [-0.2, 0) is 0 Å². The molecule has 4 aromatic rings. The summed E-state index contributed by atoms with van der Waals surface area (Å²) in [5, 5.41) is 4.70. The molecule has 0 aliphatic heterocycles. The molecule has 1 amide bonds. The molecule has 2 aromatic heterocycles. The molecule has 2 heterocycles. The number of ether oxygens (including phenoxy) is 1. The van der Waals surface area contributed by atoms with Gasteiger partial charge in [-0.3, -0.25) is 9.69 Å². The van der Waals surface area contributed by atoms with Crippen molar-refractivity contribution in [2.45, 2.75) is 13.8 Å². The third-order valence-electron chi connectivity index (χ3n) is 5.38. The molecule has 0 N–H and O–H groups in total. The Hall–Kier alpha value is -3.23. The molecule has 8 heteroatoms. The lowest BCUT2D eigenvalue weighted by Crippen LogP contribution is -2.39. The van der Waals surface area contributed by atoms with Gasteiger partial charge in [0, 0.05) is 24.7 Å². The highest BCUT2D eigenvalue weighted by atomic mass is 32.1. The maximum Gasteiger partial charge on any atom is 0.282 e. The minimum Gasteiger partial charge on any atom is -0.497 e. The van der Waals surface area contributed by atoms with Crippen LogP contribution >= 0.6 is 11.3 Å². The van der Waals surface area contributed by atoms with Crippen molar-refractivity contribution in [1.29, 1.82) is 0 Å². The van der Waals surface area contributed by atoms with Crippen LogP contribution in [0.15, 0.2) is 59.1 Å². The van der Waals surface area contributed by atoms with Crippen LogP contribution in [0.4, 0.5) is 5.13 Å². The summed E-state index contributed by atoms with van der Waals surface area (Å²) < 4.78 is 11.8. The zero-order chi connectivity index (χ0) is 22.5. The second kappa shape index (κ2) is 9.93. The van der Waals surface area contributed by atoms with Crippen LogP contribution in [-0.4, -0.2) is 54.2 Å². The summed E-state index contributed by atoms with van der Waals surface area (Å²) in [4.78, 5) is 22.2. The first-order valence-corrected chi connectivity index (χ1v) is 11.5. The third-order valence-corrected chi connectivity index (χ3v) is 6.42. The van der Waals surface area contributed by atoms with E-state index in [4.69, 9.17) is 14.2 Å². The van der Waals surface area contributed by atoms with Crippen LogP contribution in [0.5, 0.6) is 5.75 Å². The summed E-state index contributed by atoms with van der Waals surface area (Å²) in [6, 6.07) is 17.0. The topological polar surface area (TPSA) is 71.7 Å². The number of carbonyl (C=O) groups is 1. The van der Waals surface area contributed by atoms with Crippen LogP contribution in [0.3, 0.4) is 0 Å². The number of hydrogen-bond donors (Lipinski definition) is 0. The molecule has 0 bridgehead atoms. The standard InChI is InChI=1S/C24H26N4O3S/c1-4-27(5-2)13-14-28(24-25-19-12-11-18(30-3)15-22(19)32-24)23(29)20-16-21(31-26-20)17-9-7-6-8-10-17/h6-12,15-16H,4-5,13-14H2,1-3H3. The van der Waals surface area contributed by atoms with E-state index in [1.54, 1.807) is 18.1 Å². The summed E-state index contributed by atoms with van der Waals surface area (Å²) >= 11 is 1.47. The zero-order valence-electron chi connectivity index (χ0n) is 18.4. The molecule has 4 rings (SSSR count). The van der Waals surface area contributed by atoms with E-state index in [0.29, 0.717) is 17.4 Å². The summed E-state index contributed by atoms with van der Waals surface area (Å²) in [7, 11) is 1.64. The second-order valence-corrected chi connectivity index (χ2v) is 8.27. The Kier molecular flexibility index (Phi) is 6.82. The minimum absolute atomic E-state index is 0.228. The number of carbonyl (C=O) groups excluding carboxylic acids is 1. The van der Waals surface area contributed by atoms with Gasteiger partial charge in [-0.15, -0.1) is 0 Å². The van der Waals surface area contributed by atoms with Crippen LogP contribution in [0.25, 0.3) is 21.5 Å². The fraction of sp³-hybridized carbons (Fsp3) is 0.292. The number of fused-ring (bicyclic) bond motifs is 1. The predicted molar refractivity (Wildman–Crippen MR) is 128 cm³/mol. The third kappa shape index (κ3) is 4.66. The highest BCUT2D eigenvalue weighted by Crippen LogP contribution is 2.32. The number of aromatic nitrogens is 2. The van der Waals surface area contributed by atoms with Crippen LogP contribution < -0.4 is 9.64 Å². The SMILES string of the molecule is CCN(CC)CCN(C(=O)c1cc(-c2ccccc2)on1)c1nc2ccc(OC)cc2s1. The van der Waals surface area contributed by atoms with Gasteiger partial charge >= 0.3 is 0 Å². The number of rotatable bonds is 9. The molecule has 7 nitrogen and oxygen atoms in total. The molecule has 0 aliphatic rings. The van der Waals surface area contributed by atoms with Gasteiger partial charge in [-0.1, -0.05) is 60.7 Å². The van der Waals surface area contributed by atoms with Gasteiger partial charge in [-0.2, -0.15) is 0 Å². The molecule has 0 saturated carbocycles. The molecule has 166 valence electrons. The smallest absolute Gasteiger partial charge is 0.282 e. The Labute approximate surface area is 191 Å². The highest BCUT2D eigenvalue weighted by molar-refractivity contribution is 7.22. The molecule has 0 radical (unpaired) electrons. The predicted octanol–water partition coefficient (Wildman–Crippen LogP) is 4.95. The van der Waals surface area contributed by atoms with E-state index in [9.17, 15) is 4.79 Å². The molecule has 2 aromatic carbocycles. The van der Waals surface area contributed by atoms with E-state index in [1.165, 1.54) is 11.3 Å². The van der Waals surface area contributed by atoms with Crippen molar-refractivity contribution < 1.29 is 14.1 Å². The molecular weight excluding hydrogens is 424 g/mol. The van der Waals surface area contributed by atoms with Crippen molar-refractivity contribution in [3.8, 4) is 17.1 Å². The summed E-state index contributed by atoms with van der Waals surface area (Å²) in [6.07, 6.45) is 0. The first kappa shape index (κ1) is 22.0. The van der Waals surface area contributed by atoms with E-state index in [1.807, 2.05) is 48.5 Å². The fourth-order valence-electron chi connectivity index (χ4n) is 3.45. The van der Waals surface area contributed by atoms with Gasteiger partial charge in [0.2, 0.25) is 0 Å². The van der Waals surface area contributed by atoms with E-state index >= 15 is 0 Å². The lowest BCUT2D eigenvalue weighted by molar-refractivity contribution is 0.0975. The average Bonchev–Trinajstić information content (AvgIpc) is 3.49. The minimum atomic E-state index is -0.228. The van der Waals surface area contributed by atoms with Gasteiger partial charge in [0.05, 0.1) is 17.3 Å². The molecule has 0 saturated heterocycles. The van der Waals surface area contributed by atoms with E-state index < -0.39 is 0 Å². The van der Waals surface area contributed by atoms with Gasteiger partial charge in [-0.25, -0.2) is 4.98 Å². The Bertz CT molecular complexity index is 1180. The summed E-state index contributed by atoms with van der Waals surface area (Å²) in [6.45, 7) is 7.30. The van der Waals surface area contributed by atoms with Crippen molar-refractivity contribution in [3.63, 3.8) is 0 Å². The van der Waals surface area contributed by atoms with Crippen LogP contribution in [0.2, 0.25) is 0 Å². The van der Waals surface area contributed by atoms with E-state index in [0.717, 1.165) is 41.2 Å².